The Balaban J connectivity index is 3.20. The number of carbonyl (C=O) groups is 1. The molecule has 1 heterocycles. The van der Waals surface area contributed by atoms with Crippen LogP contribution in [0.4, 0.5) is 5.82 Å². The van der Waals surface area contributed by atoms with Crippen molar-refractivity contribution in [2.45, 2.75) is 79.1 Å². The molecule has 0 aliphatic rings. The molecule has 1 rings (SSSR count). The highest BCUT2D eigenvalue weighted by Crippen LogP contribution is 2.27. The minimum atomic E-state index is 0.0512. The van der Waals surface area contributed by atoms with Crippen LogP contribution in [0.25, 0.3) is 0 Å². The van der Waals surface area contributed by atoms with E-state index in [2.05, 4.69) is 31.4 Å². The number of hydrogen-bond donors (Lipinski definition) is 2. The van der Waals surface area contributed by atoms with Crippen LogP contribution in [0.2, 0.25) is 0 Å². The monoisotopic (exact) mass is 333 g/mol. The molecule has 4 heteroatoms. The first-order valence-electron chi connectivity index (χ1n) is 9.54. The molecule has 0 aromatic carbocycles. The van der Waals surface area contributed by atoms with Crippen LogP contribution in [-0.4, -0.2) is 24.5 Å². The van der Waals surface area contributed by atoms with Crippen molar-refractivity contribution in [1.29, 1.82) is 0 Å². The number of hydrogen-bond acceptors (Lipinski definition) is 3. The summed E-state index contributed by atoms with van der Waals surface area (Å²) in [6, 6.07) is 0. The van der Waals surface area contributed by atoms with E-state index in [1.165, 1.54) is 48.8 Å². The predicted molar refractivity (Wildman–Crippen MR) is 103 cm³/mol. The molecule has 0 aliphatic carbocycles. The zero-order valence-electron chi connectivity index (χ0n) is 16.2. The summed E-state index contributed by atoms with van der Waals surface area (Å²) in [6.45, 7) is 9.20. The number of amides is 1. The topological polar surface area (TPSA) is 54.0 Å². The zero-order chi connectivity index (χ0) is 17.9. The summed E-state index contributed by atoms with van der Waals surface area (Å²) in [7, 11) is 1.93. The van der Waals surface area contributed by atoms with Gasteiger partial charge in [0.2, 0.25) is 5.91 Å². The Morgan fingerprint density at radius 1 is 1.00 bits per heavy atom. The third-order valence-corrected chi connectivity index (χ3v) is 4.53. The molecule has 2 N–H and O–H groups in total. The highest BCUT2D eigenvalue weighted by molar-refractivity contribution is 5.78. The molecule has 0 saturated heterocycles. The van der Waals surface area contributed by atoms with Crippen LogP contribution >= 0.6 is 0 Å². The number of anilines is 1. The normalized spacial score (nSPS) is 10.7. The van der Waals surface area contributed by atoms with Gasteiger partial charge in [0.25, 0.3) is 0 Å². The van der Waals surface area contributed by atoms with E-state index in [0.29, 0.717) is 13.0 Å². The molecule has 4 nitrogen and oxygen atoms in total. The average Bonchev–Trinajstić information content (AvgIpc) is 2.57. The van der Waals surface area contributed by atoms with Gasteiger partial charge < -0.3 is 10.6 Å². The van der Waals surface area contributed by atoms with Gasteiger partial charge in [-0.15, -0.1) is 0 Å². The number of aromatic nitrogens is 1. The molecule has 0 fully saturated rings. The highest BCUT2D eigenvalue weighted by atomic mass is 16.1. The van der Waals surface area contributed by atoms with Gasteiger partial charge in [0.1, 0.15) is 5.82 Å². The summed E-state index contributed by atoms with van der Waals surface area (Å²) in [5, 5.41) is 6.15. The Kier molecular flexibility index (Phi) is 9.43. The lowest BCUT2D eigenvalue weighted by Crippen LogP contribution is -2.25. The third kappa shape index (κ3) is 5.81. The van der Waals surface area contributed by atoms with Gasteiger partial charge in [-0.05, 0) is 56.2 Å². The first kappa shape index (κ1) is 20.5. The summed E-state index contributed by atoms with van der Waals surface area (Å²) in [4.78, 5) is 16.8. The van der Waals surface area contributed by atoms with Crippen LogP contribution < -0.4 is 10.6 Å². The summed E-state index contributed by atoms with van der Waals surface area (Å²) < 4.78 is 0. The van der Waals surface area contributed by atoms with E-state index in [9.17, 15) is 4.79 Å². The van der Waals surface area contributed by atoms with Crippen LogP contribution in [0.1, 0.15) is 75.3 Å². The van der Waals surface area contributed by atoms with Gasteiger partial charge in [-0.2, -0.15) is 0 Å². The zero-order valence-corrected chi connectivity index (χ0v) is 16.2. The van der Waals surface area contributed by atoms with Crippen molar-refractivity contribution in [3.63, 3.8) is 0 Å². The number of likely N-dealkylation sites (N-methyl/N-ethyl adjacent to an activating group) is 1. The third-order valence-electron chi connectivity index (χ3n) is 4.53. The molecule has 1 aromatic rings. The summed E-state index contributed by atoms with van der Waals surface area (Å²) in [6.07, 6.45) is 8.52. The first-order chi connectivity index (χ1) is 11.6. The summed E-state index contributed by atoms with van der Waals surface area (Å²) >= 11 is 0. The molecular formula is C20H35N3O. The van der Waals surface area contributed by atoms with Gasteiger partial charge in [-0.25, -0.2) is 4.98 Å². The Hall–Kier alpha value is -1.58. The van der Waals surface area contributed by atoms with Gasteiger partial charge in [0.05, 0.1) is 12.1 Å². The summed E-state index contributed by atoms with van der Waals surface area (Å²) in [5.41, 5.74) is 4.89. The number of nitrogens with zero attached hydrogens (tertiary/aromatic N) is 1. The van der Waals surface area contributed by atoms with Crippen molar-refractivity contribution in [2.75, 3.05) is 18.9 Å². The maximum atomic E-state index is 12.0. The van der Waals surface area contributed by atoms with E-state index in [-0.39, 0.29) is 5.91 Å². The summed E-state index contributed by atoms with van der Waals surface area (Å²) in [5.74, 6) is 1.01. The van der Waals surface area contributed by atoms with Crippen molar-refractivity contribution in [2.24, 2.45) is 0 Å². The van der Waals surface area contributed by atoms with Crippen LogP contribution in [-0.2, 0) is 24.1 Å². The Morgan fingerprint density at radius 3 is 2.25 bits per heavy atom. The smallest absolute Gasteiger partial charge is 0.226 e. The second kappa shape index (κ2) is 11.1. The second-order valence-electron chi connectivity index (χ2n) is 6.43. The fourth-order valence-corrected chi connectivity index (χ4v) is 3.13. The lowest BCUT2D eigenvalue weighted by atomic mass is 9.92. The fourth-order valence-electron chi connectivity index (χ4n) is 3.13. The van der Waals surface area contributed by atoms with Crippen molar-refractivity contribution in [3.05, 3.63) is 22.4 Å². The second-order valence-corrected chi connectivity index (χ2v) is 6.43. The number of unbranched alkanes of at least 4 members (excludes halogenated alkanes) is 3. The first-order valence-corrected chi connectivity index (χ1v) is 9.54. The van der Waals surface area contributed by atoms with E-state index in [1.807, 2.05) is 14.0 Å². The predicted octanol–water partition coefficient (Wildman–Crippen LogP) is 4.19. The fraction of sp³-hybridized carbons (Fsp3) is 0.700. The van der Waals surface area contributed by atoms with Gasteiger partial charge >= 0.3 is 0 Å². The molecule has 0 unspecified atom stereocenters. The molecular weight excluding hydrogens is 298 g/mol. The van der Waals surface area contributed by atoms with Crippen LogP contribution in [0.3, 0.4) is 0 Å². The molecule has 0 atom stereocenters. The van der Waals surface area contributed by atoms with Gasteiger partial charge in [0.15, 0.2) is 0 Å². The molecule has 1 amide bonds. The van der Waals surface area contributed by atoms with Gasteiger partial charge in [0, 0.05) is 13.6 Å². The molecule has 0 bridgehead atoms. The molecule has 0 aliphatic heterocycles. The maximum absolute atomic E-state index is 12.0. The number of rotatable bonds is 11. The lowest BCUT2D eigenvalue weighted by Gasteiger charge is -2.20. The van der Waals surface area contributed by atoms with E-state index >= 15 is 0 Å². The van der Waals surface area contributed by atoms with Crippen LogP contribution in [0.15, 0.2) is 0 Å². The quantitative estimate of drug-likeness (QED) is 0.597. The number of nitrogens with one attached hydrogen (secondary N) is 2. The SMILES string of the molecule is CCCCCc1c(NC)nc(CC(=O)NCC)c(C)c1CCCC. The van der Waals surface area contributed by atoms with E-state index in [4.69, 9.17) is 4.98 Å². The Morgan fingerprint density at radius 2 is 1.67 bits per heavy atom. The average molecular weight is 334 g/mol. The molecule has 24 heavy (non-hydrogen) atoms. The van der Waals surface area contributed by atoms with Crippen molar-refractivity contribution < 1.29 is 4.79 Å². The van der Waals surface area contributed by atoms with E-state index < -0.39 is 0 Å². The maximum Gasteiger partial charge on any atom is 0.226 e. The van der Waals surface area contributed by atoms with Crippen molar-refractivity contribution in [1.82, 2.24) is 10.3 Å². The van der Waals surface area contributed by atoms with Crippen molar-refractivity contribution in [3.8, 4) is 0 Å². The van der Waals surface area contributed by atoms with Crippen LogP contribution in [0.5, 0.6) is 0 Å². The van der Waals surface area contributed by atoms with E-state index in [1.54, 1.807) is 0 Å². The Bertz CT molecular complexity index is 526. The van der Waals surface area contributed by atoms with Gasteiger partial charge in [-0.3, -0.25) is 4.79 Å². The van der Waals surface area contributed by atoms with Crippen LogP contribution in [0, 0.1) is 6.92 Å². The lowest BCUT2D eigenvalue weighted by molar-refractivity contribution is -0.120. The molecule has 1 aromatic heterocycles. The largest absolute Gasteiger partial charge is 0.373 e. The number of carbonyl (C=O) groups excluding carboxylic acids is 1. The molecule has 0 spiro atoms. The highest BCUT2D eigenvalue weighted by Gasteiger charge is 2.17. The standard InChI is InChI=1S/C20H35N3O/c1-6-9-11-13-17-16(12-10-7-2)15(4)18(23-20(17)21-5)14-19(24)22-8-3/h6-14H2,1-5H3,(H,21,23)(H,22,24). The van der Waals surface area contributed by atoms with Gasteiger partial charge in [-0.1, -0.05) is 33.1 Å². The molecule has 0 radical (unpaired) electrons. The minimum Gasteiger partial charge on any atom is -0.373 e. The molecule has 0 saturated carbocycles. The number of pyridine rings is 1. The van der Waals surface area contributed by atoms with E-state index in [0.717, 1.165) is 24.4 Å². The molecule has 136 valence electrons. The van der Waals surface area contributed by atoms with Crippen molar-refractivity contribution >= 4 is 11.7 Å². The Labute approximate surface area is 147 Å². The minimum absolute atomic E-state index is 0.0512.